The second-order valence-electron chi connectivity index (χ2n) is 3.96. The van der Waals surface area contributed by atoms with Gasteiger partial charge < -0.3 is 16.2 Å². The summed E-state index contributed by atoms with van der Waals surface area (Å²) < 4.78 is 19.1. The topological polar surface area (TPSA) is 78.3 Å². The lowest BCUT2D eigenvalue weighted by molar-refractivity contribution is 0.1000. The highest BCUT2D eigenvalue weighted by Crippen LogP contribution is 2.25. The minimum Gasteiger partial charge on any atom is -0.454 e. The van der Waals surface area contributed by atoms with Crippen LogP contribution in [0.25, 0.3) is 0 Å². The van der Waals surface area contributed by atoms with Gasteiger partial charge >= 0.3 is 0 Å². The molecular formula is C14H13FN2O2. The van der Waals surface area contributed by atoms with E-state index in [1.807, 2.05) is 0 Å². The van der Waals surface area contributed by atoms with E-state index in [4.69, 9.17) is 16.2 Å². The van der Waals surface area contributed by atoms with Crippen molar-refractivity contribution in [2.45, 2.75) is 6.54 Å². The number of primary amides is 1. The van der Waals surface area contributed by atoms with Crippen LogP contribution < -0.4 is 16.2 Å². The third-order valence-corrected chi connectivity index (χ3v) is 2.60. The minimum absolute atomic E-state index is 0.0329. The number of rotatable bonds is 4. The highest BCUT2D eigenvalue weighted by molar-refractivity contribution is 5.92. The average Bonchev–Trinajstić information content (AvgIpc) is 2.41. The number of benzene rings is 2. The molecule has 0 aliphatic carbocycles. The van der Waals surface area contributed by atoms with Crippen molar-refractivity contribution in [3.8, 4) is 11.5 Å². The van der Waals surface area contributed by atoms with Crippen LogP contribution in [-0.2, 0) is 6.54 Å². The normalized spacial score (nSPS) is 10.2. The van der Waals surface area contributed by atoms with Crippen molar-refractivity contribution >= 4 is 5.91 Å². The van der Waals surface area contributed by atoms with Gasteiger partial charge in [0.05, 0.1) is 0 Å². The monoisotopic (exact) mass is 260 g/mol. The highest BCUT2D eigenvalue weighted by atomic mass is 19.1. The van der Waals surface area contributed by atoms with E-state index in [9.17, 15) is 9.18 Å². The number of nitrogens with two attached hydrogens (primary N) is 2. The van der Waals surface area contributed by atoms with E-state index in [1.54, 1.807) is 24.3 Å². The Hall–Kier alpha value is -2.40. The molecule has 4 N–H and O–H groups in total. The molecule has 98 valence electrons. The molecule has 2 aromatic carbocycles. The van der Waals surface area contributed by atoms with E-state index in [2.05, 4.69) is 0 Å². The zero-order valence-corrected chi connectivity index (χ0v) is 10.1. The maximum atomic E-state index is 13.7. The fourth-order valence-electron chi connectivity index (χ4n) is 1.56. The fraction of sp³-hybridized carbons (Fsp3) is 0.0714. The molecule has 0 atom stereocenters. The van der Waals surface area contributed by atoms with Gasteiger partial charge in [-0.2, -0.15) is 0 Å². The third kappa shape index (κ3) is 3.08. The Kier molecular flexibility index (Phi) is 3.77. The molecule has 5 heteroatoms. The standard InChI is InChI=1S/C14H13FN2O2/c15-12-7-10(14(17)18)3-6-13(12)19-11-4-1-9(8-16)2-5-11/h1-7H,8,16H2,(H2,17,18). The van der Waals surface area contributed by atoms with Crippen molar-refractivity contribution < 1.29 is 13.9 Å². The molecule has 0 saturated carbocycles. The van der Waals surface area contributed by atoms with Crippen LogP contribution in [-0.4, -0.2) is 5.91 Å². The zero-order chi connectivity index (χ0) is 13.8. The van der Waals surface area contributed by atoms with Crippen LogP contribution in [0.5, 0.6) is 11.5 Å². The number of ether oxygens (including phenoxy) is 1. The molecule has 0 radical (unpaired) electrons. The number of hydrogen-bond donors (Lipinski definition) is 2. The van der Waals surface area contributed by atoms with Crippen molar-refractivity contribution in [3.63, 3.8) is 0 Å². The zero-order valence-electron chi connectivity index (χ0n) is 10.1. The first-order valence-corrected chi connectivity index (χ1v) is 5.66. The molecule has 0 saturated heterocycles. The number of carbonyl (C=O) groups is 1. The lowest BCUT2D eigenvalue weighted by atomic mass is 10.2. The fourth-order valence-corrected chi connectivity index (χ4v) is 1.56. The molecule has 0 spiro atoms. The summed E-state index contributed by atoms with van der Waals surface area (Å²) in [6, 6.07) is 10.8. The minimum atomic E-state index is -0.683. The molecule has 2 rings (SSSR count). The third-order valence-electron chi connectivity index (χ3n) is 2.60. The number of halogens is 1. The number of carbonyl (C=O) groups excluding carboxylic acids is 1. The molecule has 0 aromatic heterocycles. The predicted molar refractivity (Wildman–Crippen MR) is 69.3 cm³/mol. The molecule has 4 nitrogen and oxygen atoms in total. The first-order chi connectivity index (χ1) is 9.10. The van der Waals surface area contributed by atoms with Gasteiger partial charge in [-0.3, -0.25) is 4.79 Å². The molecular weight excluding hydrogens is 247 g/mol. The van der Waals surface area contributed by atoms with E-state index >= 15 is 0 Å². The van der Waals surface area contributed by atoms with Gasteiger partial charge in [0.1, 0.15) is 5.75 Å². The van der Waals surface area contributed by atoms with E-state index in [1.165, 1.54) is 12.1 Å². The maximum absolute atomic E-state index is 13.7. The van der Waals surface area contributed by atoms with E-state index < -0.39 is 11.7 Å². The SMILES string of the molecule is NCc1ccc(Oc2ccc(C(N)=O)cc2F)cc1. The Morgan fingerprint density at radius 2 is 1.84 bits per heavy atom. The van der Waals surface area contributed by atoms with Crippen LogP contribution in [0.4, 0.5) is 4.39 Å². The summed E-state index contributed by atoms with van der Waals surface area (Å²) in [5.74, 6) is -0.801. The summed E-state index contributed by atoms with van der Waals surface area (Å²) in [5, 5.41) is 0. The first kappa shape index (κ1) is 13.0. The molecule has 0 unspecified atom stereocenters. The molecule has 0 bridgehead atoms. The molecule has 0 aliphatic rings. The maximum Gasteiger partial charge on any atom is 0.248 e. The van der Waals surface area contributed by atoms with E-state index in [0.29, 0.717) is 12.3 Å². The van der Waals surface area contributed by atoms with Gasteiger partial charge in [-0.05, 0) is 35.9 Å². The first-order valence-electron chi connectivity index (χ1n) is 5.66. The largest absolute Gasteiger partial charge is 0.454 e. The Labute approximate surface area is 109 Å². The molecule has 19 heavy (non-hydrogen) atoms. The van der Waals surface area contributed by atoms with E-state index in [-0.39, 0.29) is 11.3 Å². The van der Waals surface area contributed by atoms with Gasteiger partial charge in [-0.15, -0.1) is 0 Å². The summed E-state index contributed by atoms with van der Waals surface area (Å²) >= 11 is 0. The van der Waals surface area contributed by atoms with Gasteiger partial charge in [0.2, 0.25) is 5.91 Å². The van der Waals surface area contributed by atoms with Gasteiger partial charge in [0.15, 0.2) is 11.6 Å². The van der Waals surface area contributed by atoms with Crippen molar-refractivity contribution in [2.24, 2.45) is 11.5 Å². The van der Waals surface area contributed by atoms with Gasteiger partial charge in [-0.1, -0.05) is 12.1 Å². The van der Waals surface area contributed by atoms with Crippen LogP contribution >= 0.6 is 0 Å². The molecule has 2 aromatic rings. The Morgan fingerprint density at radius 3 is 2.37 bits per heavy atom. The lowest BCUT2D eigenvalue weighted by Crippen LogP contribution is -2.11. The van der Waals surface area contributed by atoms with Gasteiger partial charge in [0, 0.05) is 12.1 Å². The Balaban J connectivity index is 2.20. The quantitative estimate of drug-likeness (QED) is 0.884. The summed E-state index contributed by atoms with van der Waals surface area (Å²) in [6.45, 7) is 0.432. The Morgan fingerprint density at radius 1 is 1.16 bits per heavy atom. The smallest absolute Gasteiger partial charge is 0.248 e. The van der Waals surface area contributed by atoms with Crippen molar-refractivity contribution in [1.29, 1.82) is 0 Å². The molecule has 0 fully saturated rings. The average molecular weight is 260 g/mol. The van der Waals surface area contributed by atoms with Gasteiger partial charge in [0.25, 0.3) is 0 Å². The summed E-state index contributed by atoms with van der Waals surface area (Å²) in [4.78, 5) is 10.9. The summed E-state index contributed by atoms with van der Waals surface area (Å²) in [6.07, 6.45) is 0. The molecule has 0 heterocycles. The number of hydrogen-bond acceptors (Lipinski definition) is 3. The van der Waals surface area contributed by atoms with Crippen LogP contribution in [0.2, 0.25) is 0 Å². The summed E-state index contributed by atoms with van der Waals surface area (Å²) in [7, 11) is 0. The summed E-state index contributed by atoms with van der Waals surface area (Å²) in [5.41, 5.74) is 11.6. The molecule has 0 aliphatic heterocycles. The van der Waals surface area contributed by atoms with Crippen LogP contribution in [0.1, 0.15) is 15.9 Å². The van der Waals surface area contributed by atoms with Gasteiger partial charge in [-0.25, -0.2) is 4.39 Å². The predicted octanol–water partition coefficient (Wildman–Crippen LogP) is 2.18. The van der Waals surface area contributed by atoms with Crippen molar-refractivity contribution in [3.05, 3.63) is 59.4 Å². The molecule has 1 amide bonds. The van der Waals surface area contributed by atoms with Crippen molar-refractivity contribution in [1.82, 2.24) is 0 Å². The number of amides is 1. The van der Waals surface area contributed by atoms with Crippen molar-refractivity contribution in [2.75, 3.05) is 0 Å². The lowest BCUT2D eigenvalue weighted by Gasteiger charge is -2.08. The second-order valence-corrected chi connectivity index (χ2v) is 3.96. The Bertz CT molecular complexity index is 597. The van der Waals surface area contributed by atoms with E-state index in [0.717, 1.165) is 11.6 Å². The van der Waals surface area contributed by atoms with Crippen LogP contribution in [0.3, 0.4) is 0 Å². The second kappa shape index (κ2) is 5.49. The highest BCUT2D eigenvalue weighted by Gasteiger charge is 2.08. The van der Waals surface area contributed by atoms with Crippen LogP contribution in [0.15, 0.2) is 42.5 Å². The van der Waals surface area contributed by atoms with Crippen LogP contribution in [0, 0.1) is 5.82 Å².